The fraction of sp³-hybridized carbons (Fsp3) is 0.333. The highest BCUT2D eigenvalue weighted by molar-refractivity contribution is 5.96. The molecule has 1 heterocycles. The summed E-state index contributed by atoms with van der Waals surface area (Å²) in [5.41, 5.74) is 2.29. The number of carboxylic acids is 1. The molecule has 6 nitrogen and oxygen atoms in total. The van der Waals surface area contributed by atoms with E-state index in [1.54, 1.807) is 6.07 Å². The van der Waals surface area contributed by atoms with Crippen molar-refractivity contribution in [3.8, 4) is 5.75 Å². The highest BCUT2D eigenvalue weighted by atomic mass is 19.1. The lowest BCUT2D eigenvalue weighted by Gasteiger charge is -2.16. The molecule has 2 N–H and O–H groups in total. The number of benzene rings is 1. The van der Waals surface area contributed by atoms with Gasteiger partial charge in [0.1, 0.15) is 11.6 Å². The number of halogens is 1. The first kappa shape index (κ1) is 18.5. The maximum absolute atomic E-state index is 12.9. The summed E-state index contributed by atoms with van der Waals surface area (Å²) in [5, 5.41) is 11.8. The van der Waals surface area contributed by atoms with Gasteiger partial charge in [0.2, 0.25) is 6.10 Å². The standard InChI is InChI=1S/C18H21FN2O4/c1-4-21-11(2)9-15(12(21)3)17(22)20-10-16(18(23)24)25-14-7-5-13(19)6-8-14/h5-9,16H,4,10H2,1-3H3,(H,20,22)(H,23,24). The summed E-state index contributed by atoms with van der Waals surface area (Å²) in [6.45, 7) is 6.27. The Morgan fingerprint density at radius 1 is 1.28 bits per heavy atom. The van der Waals surface area contributed by atoms with E-state index in [0.29, 0.717) is 5.56 Å². The Morgan fingerprint density at radius 2 is 1.92 bits per heavy atom. The lowest BCUT2D eigenvalue weighted by atomic mass is 10.2. The van der Waals surface area contributed by atoms with E-state index in [9.17, 15) is 19.1 Å². The lowest BCUT2D eigenvalue weighted by molar-refractivity contribution is -0.144. The van der Waals surface area contributed by atoms with Crippen LogP contribution in [0.4, 0.5) is 4.39 Å². The van der Waals surface area contributed by atoms with E-state index in [1.807, 2.05) is 25.3 Å². The maximum Gasteiger partial charge on any atom is 0.346 e. The van der Waals surface area contributed by atoms with Crippen molar-refractivity contribution in [2.45, 2.75) is 33.4 Å². The molecule has 134 valence electrons. The Hall–Kier alpha value is -2.83. The molecule has 0 aliphatic carbocycles. The second kappa shape index (κ2) is 7.83. The molecule has 1 aromatic carbocycles. The summed E-state index contributed by atoms with van der Waals surface area (Å²) in [4.78, 5) is 23.7. The van der Waals surface area contributed by atoms with Gasteiger partial charge in [-0.3, -0.25) is 4.79 Å². The molecule has 1 atom stereocenters. The summed E-state index contributed by atoms with van der Waals surface area (Å²) in [7, 11) is 0. The average molecular weight is 348 g/mol. The Balaban J connectivity index is 2.04. The van der Waals surface area contributed by atoms with E-state index in [0.717, 1.165) is 17.9 Å². The number of aryl methyl sites for hydroxylation is 1. The second-order valence-corrected chi connectivity index (χ2v) is 5.64. The van der Waals surface area contributed by atoms with Gasteiger partial charge >= 0.3 is 5.97 Å². The zero-order chi connectivity index (χ0) is 18.6. The van der Waals surface area contributed by atoms with Crippen LogP contribution in [-0.4, -0.2) is 34.2 Å². The summed E-state index contributed by atoms with van der Waals surface area (Å²) in [6.07, 6.45) is -1.27. The van der Waals surface area contributed by atoms with Gasteiger partial charge in [0.25, 0.3) is 5.91 Å². The van der Waals surface area contributed by atoms with Gasteiger partial charge in [-0.05, 0) is 51.1 Å². The van der Waals surface area contributed by atoms with Gasteiger partial charge in [-0.1, -0.05) is 0 Å². The molecule has 1 amide bonds. The zero-order valence-corrected chi connectivity index (χ0v) is 14.4. The number of carbonyl (C=O) groups is 2. The molecule has 7 heteroatoms. The molecule has 2 aromatic rings. The molecule has 0 spiro atoms. The molecule has 0 aliphatic rings. The molecular formula is C18H21FN2O4. The third-order valence-corrected chi connectivity index (χ3v) is 3.95. The molecule has 0 bridgehead atoms. The number of ether oxygens (including phenoxy) is 1. The zero-order valence-electron chi connectivity index (χ0n) is 14.4. The molecule has 2 rings (SSSR count). The highest BCUT2D eigenvalue weighted by Crippen LogP contribution is 2.16. The third-order valence-electron chi connectivity index (χ3n) is 3.95. The third kappa shape index (κ3) is 4.37. The van der Waals surface area contributed by atoms with E-state index in [4.69, 9.17) is 4.74 Å². The van der Waals surface area contributed by atoms with Crippen LogP contribution in [-0.2, 0) is 11.3 Å². The van der Waals surface area contributed by atoms with Crippen molar-refractivity contribution in [1.82, 2.24) is 9.88 Å². The molecule has 1 unspecified atom stereocenters. The van der Waals surface area contributed by atoms with E-state index in [1.165, 1.54) is 24.3 Å². The first-order valence-corrected chi connectivity index (χ1v) is 7.93. The van der Waals surface area contributed by atoms with Crippen LogP contribution in [0.15, 0.2) is 30.3 Å². The van der Waals surface area contributed by atoms with Gasteiger partial charge in [-0.2, -0.15) is 0 Å². The summed E-state index contributed by atoms with van der Waals surface area (Å²) < 4.78 is 20.2. The normalized spacial score (nSPS) is 11.8. The number of nitrogens with one attached hydrogen (secondary N) is 1. The largest absolute Gasteiger partial charge is 0.478 e. The van der Waals surface area contributed by atoms with Crippen molar-refractivity contribution in [1.29, 1.82) is 0 Å². The Labute approximate surface area is 145 Å². The van der Waals surface area contributed by atoms with Crippen molar-refractivity contribution >= 4 is 11.9 Å². The molecule has 0 saturated carbocycles. The second-order valence-electron chi connectivity index (χ2n) is 5.64. The highest BCUT2D eigenvalue weighted by Gasteiger charge is 2.22. The van der Waals surface area contributed by atoms with Crippen LogP contribution in [0.2, 0.25) is 0 Å². The minimum Gasteiger partial charge on any atom is -0.478 e. The fourth-order valence-corrected chi connectivity index (χ4v) is 2.66. The van der Waals surface area contributed by atoms with Crippen LogP contribution >= 0.6 is 0 Å². The predicted molar refractivity (Wildman–Crippen MR) is 90.4 cm³/mol. The van der Waals surface area contributed by atoms with E-state index >= 15 is 0 Å². The van der Waals surface area contributed by atoms with Crippen LogP contribution in [0.1, 0.15) is 28.7 Å². The lowest BCUT2D eigenvalue weighted by Crippen LogP contribution is -2.40. The summed E-state index contributed by atoms with van der Waals surface area (Å²) in [5.74, 6) is -1.81. The van der Waals surface area contributed by atoms with Crippen LogP contribution < -0.4 is 10.1 Å². The average Bonchev–Trinajstić information content (AvgIpc) is 2.86. The predicted octanol–water partition coefficient (Wildman–Crippen LogP) is 2.53. The van der Waals surface area contributed by atoms with Gasteiger partial charge in [-0.25, -0.2) is 9.18 Å². The summed E-state index contributed by atoms with van der Waals surface area (Å²) >= 11 is 0. The SMILES string of the molecule is CCn1c(C)cc(C(=O)NCC(Oc2ccc(F)cc2)C(=O)O)c1C. The van der Waals surface area contributed by atoms with Gasteiger partial charge in [-0.15, -0.1) is 0 Å². The first-order chi connectivity index (χ1) is 11.8. The smallest absolute Gasteiger partial charge is 0.346 e. The minimum atomic E-state index is -1.27. The van der Waals surface area contributed by atoms with Crippen molar-refractivity contribution in [2.75, 3.05) is 6.54 Å². The number of aromatic nitrogens is 1. The topological polar surface area (TPSA) is 80.6 Å². The number of hydrogen-bond donors (Lipinski definition) is 2. The number of carboxylic acid groups (broad SMARTS) is 1. The molecule has 1 aromatic heterocycles. The van der Waals surface area contributed by atoms with Crippen molar-refractivity contribution in [3.63, 3.8) is 0 Å². The van der Waals surface area contributed by atoms with Gasteiger partial charge in [0.15, 0.2) is 0 Å². The van der Waals surface area contributed by atoms with Gasteiger partial charge in [0.05, 0.1) is 12.1 Å². The number of aliphatic carboxylic acids is 1. The van der Waals surface area contributed by atoms with Gasteiger partial charge < -0.3 is 19.7 Å². The molecule has 0 aliphatic heterocycles. The molecule has 0 saturated heterocycles. The molecular weight excluding hydrogens is 327 g/mol. The van der Waals surface area contributed by atoms with Crippen molar-refractivity contribution in [2.24, 2.45) is 0 Å². The van der Waals surface area contributed by atoms with E-state index in [-0.39, 0.29) is 18.2 Å². The Bertz CT molecular complexity index is 768. The van der Waals surface area contributed by atoms with Crippen LogP contribution in [0.5, 0.6) is 5.75 Å². The number of nitrogens with zero attached hydrogens (tertiary/aromatic N) is 1. The van der Waals surface area contributed by atoms with Crippen LogP contribution in [0, 0.1) is 19.7 Å². The molecule has 25 heavy (non-hydrogen) atoms. The Kier molecular flexibility index (Phi) is 5.80. The quantitative estimate of drug-likeness (QED) is 0.806. The number of hydrogen-bond acceptors (Lipinski definition) is 3. The van der Waals surface area contributed by atoms with Crippen LogP contribution in [0.3, 0.4) is 0 Å². The monoisotopic (exact) mass is 348 g/mol. The van der Waals surface area contributed by atoms with Crippen molar-refractivity contribution in [3.05, 3.63) is 53.1 Å². The Morgan fingerprint density at radius 3 is 2.44 bits per heavy atom. The summed E-state index contributed by atoms with van der Waals surface area (Å²) in [6, 6.07) is 6.79. The minimum absolute atomic E-state index is 0.207. The molecule has 0 radical (unpaired) electrons. The molecule has 0 fully saturated rings. The van der Waals surface area contributed by atoms with Crippen molar-refractivity contribution < 1.29 is 23.8 Å². The van der Waals surface area contributed by atoms with Crippen LogP contribution in [0.25, 0.3) is 0 Å². The van der Waals surface area contributed by atoms with E-state index < -0.39 is 17.9 Å². The fourth-order valence-electron chi connectivity index (χ4n) is 2.66. The number of rotatable bonds is 7. The first-order valence-electron chi connectivity index (χ1n) is 7.93. The van der Waals surface area contributed by atoms with Gasteiger partial charge in [0, 0.05) is 17.9 Å². The number of carbonyl (C=O) groups excluding carboxylic acids is 1. The number of amides is 1. The van der Waals surface area contributed by atoms with E-state index in [2.05, 4.69) is 5.32 Å². The maximum atomic E-state index is 12.9.